The van der Waals surface area contributed by atoms with Gasteiger partial charge in [0, 0.05) is 0 Å². The standard InChI is InChI=1S/C15H22N3O2.3CH3.Sn/c1-12-11-17(13-7-5-6-8-16-13)9-10-18(12)14(19)20-15(2,3)4;;;;/h5-7,12H,9-11H2,1-4H3;3*1H3;/t12-;;;;/m0..../s1. The second-order valence-corrected chi connectivity index (χ2v) is 22.9. The van der Waals surface area contributed by atoms with Crippen molar-refractivity contribution >= 4 is 34.0 Å². The molecule has 1 aliphatic heterocycles. The molecule has 24 heavy (non-hydrogen) atoms. The van der Waals surface area contributed by atoms with Crippen LogP contribution in [0.5, 0.6) is 0 Å². The first-order chi connectivity index (χ1) is 11.0. The van der Waals surface area contributed by atoms with Crippen molar-refractivity contribution in [1.29, 1.82) is 0 Å². The number of anilines is 1. The predicted octanol–water partition coefficient (Wildman–Crippen LogP) is 3.07. The Balaban J connectivity index is 2.07. The van der Waals surface area contributed by atoms with E-state index in [1.807, 2.05) is 25.7 Å². The van der Waals surface area contributed by atoms with Crippen molar-refractivity contribution in [2.75, 3.05) is 24.5 Å². The fraction of sp³-hybridized carbons (Fsp3) is 0.667. The van der Waals surface area contributed by atoms with Crippen LogP contribution in [0, 0.1) is 0 Å². The summed E-state index contributed by atoms with van der Waals surface area (Å²) in [6, 6.07) is 6.47. The Morgan fingerprint density at radius 2 is 1.92 bits per heavy atom. The molecule has 5 nitrogen and oxygen atoms in total. The number of pyridine rings is 1. The number of rotatable bonds is 2. The Labute approximate surface area is 150 Å². The predicted molar refractivity (Wildman–Crippen MR) is 102 cm³/mol. The molecule has 1 aliphatic rings. The van der Waals surface area contributed by atoms with Gasteiger partial charge >= 0.3 is 150 Å². The van der Waals surface area contributed by atoms with E-state index in [-0.39, 0.29) is 12.1 Å². The van der Waals surface area contributed by atoms with Gasteiger partial charge in [-0.3, -0.25) is 0 Å². The minimum atomic E-state index is -2.17. The van der Waals surface area contributed by atoms with Crippen molar-refractivity contribution in [3.05, 3.63) is 18.2 Å². The quantitative estimate of drug-likeness (QED) is 0.664. The maximum absolute atomic E-state index is 12.3. The van der Waals surface area contributed by atoms with Gasteiger partial charge in [0.15, 0.2) is 0 Å². The first-order valence-electron chi connectivity index (χ1n) is 8.69. The molecule has 1 saturated heterocycles. The van der Waals surface area contributed by atoms with Crippen molar-refractivity contribution in [3.8, 4) is 0 Å². The van der Waals surface area contributed by atoms with Gasteiger partial charge in [0.25, 0.3) is 0 Å². The van der Waals surface area contributed by atoms with Gasteiger partial charge in [0.05, 0.1) is 0 Å². The fourth-order valence-corrected chi connectivity index (χ4v) is 5.76. The molecule has 0 radical (unpaired) electrons. The third kappa shape index (κ3) is 5.01. The van der Waals surface area contributed by atoms with Gasteiger partial charge < -0.3 is 0 Å². The van der Waals surface area contributed by atoms with E-state index >= 15 is 0 Å². The van der Waals surface area contributed by atoms with E-state index in [0.29, 0.717) is 6.54 Å². The summed E-state index contributed by atoms with van der Waals surface area (Å²) < 4.78 is 6.81. The number of nitrogens with zero attached hydrogens (tertiary/aromatic N) is 3. The van der Waals surface area contributed by atoms with Crippen LogP contribution in [0.2, 0.25) is 14.8 Å². The van der Waals surface area contributed by atoms with Crippen molar-refractivity contribution in [1.82, 2.24) is 9.88 Å². The van der Waals surface area contributed by atoms with E-state index in [2.05, 4.69) is 44.8 Å². The number of carbonyl (C=O) groups is 1. The molecule has 2 heterocycles. The second kappa shape index (κ2) is 7.10. The van der Waals surface area contributed by atoms with Gasteiger partial charge in [-0.15, -0.1) is 0 Å². The zero-order chi connectivity index (χ0) is 18.1. The molecule has 0 aromatic carbocycles. The molecule has 0 N–H and O–H groups in total. The summed E-state index contributed by atoms with van der Waals surface area (Å²) in [5, 5.41) is 0. The monoisotopic (exact) mass is 441 g/mol. The van der Waals surface area contributed by atoms with Crippen LogP contribution in [0.1, 0.15) is 27.7 Å². The molecule has 0 aliphatic carbocycles. The van der Waals surface area contributed by atoms with Crippen LogP contribution in [0.25, 0.3) is 0 Å². The zero-order valence-electron chi connectivity index (χ0n) is 16.1. The Hall–Kier alpha value is -0.981. The van der Waals surface area contributed by atoms with Gasteiger partial charge in [0.1, 0.15) is 0 Å². The topological polar surface area (TPSA) is 45.7 Å². The molecule has 1 fully saturated rings. The fourth-order valence-electron chi connectivity index (χ4n) is 2.77. The Morgan fingerprint density at radius 3 is 2.46 bits per heavy atom. The van der Waals surface area contributed by atoms with Crippen LogP contribution in [0.3, 0.4) is 0 Å². The first-order valence-corrected chi connectivity index (χ1v) is 18.7. The SMILES string of the molecule is C[C@H]1CN(c2ccc[c]([Sn]([CH3])([CH3])[CH3])n2)CCN1C(=O)OC(C)(C)C. The van der Waals surface area contributed by atoms with Crippen LogP contribution < -0.4 is 8.61 Å². The maximum atomic E-state index is 12.3. The van der Waals surface area contributed by atoms with Crippen molar-refractivity contribution in [2.24, 2.45) is 0 Å². The second-order valence-electron chi connectivity index (χ2n) is 8.60. The van der Waals surface area contributed by atoms with Crippen LogP contribution >= 0.6 is 0 Å². The number of amides is 1. The summed E-state index contributed by atoms with van der Waals surface area (Å²) in [7, 11) is 0. The first kappa shape index (κ1) is 19.3. The van der Waals surface area contributed by atoms with Crippen LogP contribution in [0.4, 0.5) is 10.6 Å². The molecule has 2 rings (SSSR count). The number of hydrogen-bond acceptors (Lipinski definition) is 4. The number of ether oxygens (including phenoxy) is 1. The molecule has 1 amide bonds. The average molecular weight is 440 g/mol. The Morgan fingerprint density at radius 1 is 1.25 bits per heavy atom. The summed E-state index contributed by atoms with van der Waals surface area (Å²) in [4.78, 5) is 28.5. The van der Waals surface area contributed by atoms with Crippen molar-refractivity contribution in [2.45, 2.75) is 54.2 Å². The molecular weight excluding hydrogens is 409 g/mol. The van der Waals surface area contributed by atoms with Gasteiger partial charge in [-0.2, -0.15) is 0 Å². The summed E-state index contributed by atoms with van der Waals surface area (Å²) in [6.07, 6.45) is -0.220. The van der Waals surface area contributed by atoms with E-state index in [4.69, 9.17) is 9.72 Å². The number of carbonyl (C=O) groups excluding carboxylic acids is 1. The molecular formula is C18H31N3O2Sn. The van der Waals surface area contributed by atoms with E-state index in [1.165, 1.54) is 3.71 Å². The summed E-state index contributed by atoms with van der Waals surface area (Å²) in [6.45, 7) is 10.0. The Bertz CT molecular complexity index is 593. The summed E-state index contributed by atoms with van der Waals surface area (Å²) >= 11 is -2.17. The van der Waals surface area contributed by atoms with Crippen molar-refractivity contribution < 1.29 is 9.53 Å². The normalized spacial score (nSPS) is 19.4. The molecule has 6 heteroatoms. The number of piperazine rings is 1. The number of aromatic nitrogens is 1. The molecule has 0 saturated carbocycles. The molecule has 134 valence electrons. The summed E-state index contributed by atoms with van der Waals surface area (Å²) in [5.41, 5.74) is -0.455. The molecule has 1 aromatic rings. The van der Waals surface area contributed by atoms with Gasteiger partial charge in [-0.1, -0.05) is 0 Å². The van der Waals surface area contributed by atoms with Crippen LogP contribution in [-0.4, -0.2) is 65.6 Å². The third-order valence-corrected chi connectivity index (χ3v) is 9.26. The van der Waals surface area contributed by atoms with Crippen molar-refractivity contribution in [3.63, 3.8) is 0 Å². The average Bonchev–Trinajstić information content (AvgIpc) is 2.44. The zero-order valence-corrected chi connectivity index (χ0v) is 18.9. The van der Waals surface area contributed by atoms with Gasteiger partial charge in [0.2, 0.25) is 0 Å². The molecule has 0 bridgehead atoms. The van der Waals surface area contributed by atoms with Crippen LogP contribution in [-0.2, 0) is 4.74 Å². The molecule has 0 unspecified atom stereocenters. The molecule has 1 atom stereocenters. The van der Waals surface area contributed by atoms with Gasteiger partial charge in [-0.25, -0.2) is 0 Å². The van der Waals surface area contributed by atoms with Gasteiger partial charge in [-0.05, 0) is 0 Å². The third-order valence-electron chi connectivity index (χ3n) is 4.08. The van der Waals surface area contributed by atoms with E-state index in [0.717, 1.165) is 18.9 Å². The van der Waals surface area contributed by atoms with E-state index < -0.39 is 24.0 Å². The van der Waals surface area contributed by atoms with E-state index in [9.17, 15) is 4.79 Å². The molecule has 0 spiro atoms. The number of hydrogen-bond donors (Lipinski definition) is 0. The minimum absolute atomic E-state index is 0.109. The summed E-state index contributed by atoms with van der Waals surface area (Å²) in [5.74, 6) is 1.04. The van der Waals surface area contributed by atoms with Crippen LogP contribution in [0.15, 0.2) is 18.2 Å². The Kier molecular flexibility index (Phi) is 5.72. The molecule has 1 aromatic heterocycles. The van der Waals surface area contributed by atoms with E-state index in [1.54, 1.807) is 0 Å².